The number of piperazine rings is 1. The minimum Gasteiger partial charge on any atom is -0.508 e. The van der Waals surface area contributed by atoms with Crippen LogP contribution in [0.4, 0.5) is 13.2 Å². The van der Waals surface area contributed by atoms with Gasteiger partial charge in [-0.2, -0.15) is 0 Å². The predicted octanol–water partition coefficient (Wildman–Crippen LogP) is 2.99. The van der Waals surface area contributed by atoms with Crippen LogP contribution in [0.1, 0.15) is 17.2 Å². The average molecular weight is 368 g/mol. The van der Waals surface area contributed by atoms with E-state index in [1.807, 2.05) is 0 Å². The number of aromatic hydroxyl groups is 2. The molecule has 1 aliphatic rings. The normalized spacial score (nSPS) is 17.0. The van der Waals surface area contributed by atoms with Crippen LogP contribution < -0.4 is 10.1 Å². The summed E-state index contributed by atoms with van der Waals surface area (Å²) in [4.78, 5) is 2.14. The zero-order valence-electron chi connectivity index (χ0n) is 13.8. The van der Waals surface area contributed by atoms with Crippen LogP contribution in [0.15, 0.2) is 42.5 Å². The highest BCUT2D eigenvalue weighted by atomic mass is 19.4. The molecule has 3 rings (SSSR count). The third-order valence-electron chi connectivity index (χ3n) is 4.19. The second kappa shape index (κ2) is 7.43. The maximum absolute atomic E-state index is 12.4. The summed E-state index contributed by atoms with van der Waals surface area (Å²) < 4.78 is 41.0. The van der Waals surface area contributed by atoms with Gasteiger partial charge in [-0.05, 0) is 35.4 Å². The molecule has 5 nitrogen and oxygen atoms in total. The molecule has 26 heavy (non-hydrogen) atoms. The van der Waals surface area contributed by atoms with Gasteiger partial charge >= 0.3 is 6.36 Å². The summed E-state index contributed by atoms with van der Waals surface area (Å²) in [6.45, 7) is 3.00. The Kier molecular flexibility index (Phi) is 5.24. The highest BCUT2D eigenvalue weighted by molar-refractivity contribution is 5.43. The Bertz CT molecular complexity index is 724. The smallest absolute Gasteiger partial charge is 0.508 e. The number of halogens is 3. The summed E-state index contributed by atoms with van der Waals surface area (Å²) >= 11 is 0. The lowest BCUT2D eigenvalue weighted by Gasteiger charge is -2.35. The molecular formula is C18H19F3N2O3. The van der Waals surface area contributed by atoms with Gasteiger partial charge in [0.2, 0.25) is 0 Å². The number of nitrogens with zero attached hydrogens (tertiary/aromatic N) is 1. The Morgan fingerprint density at radius 3 is 2.04 bits per heavy atom. The summed E-state index contributed by atoms with van der Waals surface area (Å²) in [5, 5.41) is 22.9. The fourth-order valence-corrected chi connectivity index (χ4v) is 3.18. The van der Waals surface area contributed by atoms with Gasteiger partial charge in [-0.15, -0.1) is 13.2 Å². The standard InChI is InChI=1S/C18H19F3N2O3/c19-18(20,21)26-16-3-1-12(2-4-16)17(23-7-5-22-6-8-23)13-9-14(24)11-15(25)10-13/h1-4,9-11,17,22,24-25H,5-8H2/t17-/m0/s1. The lowest BCUT2D eigenvalue weighted by molar-refractivity contribution is -0.274. The van der Waals surface area contributed by atoms with Gasteiger partial charge in [0, 0.05) is 32.2 Å². The monoisotopic (exact) mass is 368 g/mol. The fourth-order valence-electron chi connectivity index (χ4n) is 3.18. The van der Waals surface area contributed by atoms with E-state index in [4.69, 9.17) is 0 Å². The largest absolute Gasteiger partial charge is 0.573 e. The first kappa shape index (κ1) is 18.3. The molecular weight excluding hydrogens is 349 g/mol. The molecule has 0 aliphatic carbocycles. The first-order valence-electron chi connectivity index (χ1n) is 8.15. The first-order chi connectivity index (χ1) is 12.3. The van der Waals surface area contributed by atoms with Crippen LogP contribution in [0.2, 0.25) is 0 Å². The van der Waals surface area contributed by atoms with Gasteiger partial charge < -0.3 is 20.3 Å². The van der Waals surface area contributed by atoms with Crippen LogP contribution in [0.25, 0.3) is 0 Å². The number of phenolic OH excluding ortho intramolecular Hbond substituents is 2. The lowest BCUT2D eigenvalue weighted by Crippen LogP contribution is -2.45. The van der Waals surface area contributed by atoms with E-state index in [0.717, 1.165) is 31.7 Å². The van der Waals surface area contributed by atoms with Crippen molar-refractivity contribution in [1.29, 1.82) is 0 Å². The van der Waals surface area contributed by atoms with Crippen LogP contribution in [-0.2, 0) is 0 Å². The van der Waals surface area contributed by atoms with Gasteiger partial charge in [0.1, 0.15) is 17.2 Å². The quantitative estimate of drug-likeness (QED) is 0.774. The zero-order chi connectivity index (χ0) is 18.7. The summed E-state index contributed by atoms with van der Waals surface area (Å²) in [6, 6.07) is 9.68. The third kappa shape index (κ3) is 4.59. The lowest BCUT2D eigenvalue weighted by atomic mass is 9.96. The minimum atomic E-state index is -4.74. The van der Waals surface area contributed by atoms with Crippen LogP contribution in [0.5, 0.6) is 17.2 Å². The second-order valence-electron chi connectivity index (χ2n) is 6.09. The molecule has 3 N–H and O–H groups in total. The van der Waals surface area contributed by atoms with Crippen LogP contribution in [0, 0.1) is 0 Å². The van der Waals surface area contributed by atoms with Crippen molar-refractivity contribution in [3.8, 4) is 17.2 Å². The summed E-state index contributed by atoms with van der Waals surface area (Å²) in [5.74, 6) is -0.437. The summed E-state index contributed by atoms with van der Waals surface area (Å²) in [7, 11) is 0. The van der Waals surface area contributed by atoms with Gasteiger partial charge in [-0.25, -0.2) is 0 Å². The average Bonchev–Trinajstić information content (AvgIpc) is 2.55. The molecule has 0 spiro atoms. The van der Waals surface area contributed by atoms with E-state index in [1.54, 1.807) is 24.3 Å². The van der Waals surface area contributed by atoms with Gasteiger partial charge in [0.15, 0.2) is 0 Å². The molecule has 0 radical (unpaired) electrons. The van der Waals surface area contributed by atoms with Crippen molar-refractivity contribution in [2.45, 2.75) is 12.4 Å². The Labute approximate surface area is 148 Å². The molecule has 8 heteroatoms. The highest BCUT2D eigenvalue weighted by Gasteiger charge is 2.31. The Morgan fingerprint density at radius 2 is 1.50 bits per heavy atom. The molecule has 1 fully saturated rings. The topological polar surface area (TPSA) is 65.0 Å². The second-order valence-corrected chi connectivity index (χ2v) is 6.09. The molecule has 0 bridgehead atoms. The van der Waals surface area contributed by atoms with E-state index >= 15 is 0 Å². The summed E-state index contributed by atoms with van der Waals surface area (Å²) in [5.41, 5.74) is 1.40. The van der Waals surface area contributed by atoms with E-state index in [-0.39, 0.29) is 23.3 Å². The van der Waals surface area contributed by atoms with E-state index in [9.17, 15) is 23.4 Å². The van der Waals surface area contributed by atoms with Gasteiger partial charge in [-0.1, -0.05) is 12.1 Å². The fraction of sp³-hybridized carbons (Fsp3) is 0.333. The van der Waals surface area contributed by atoms with Gasteiger partial charge in [-0.3, -0.25) is 4.90 Å². The van der Waals surface area contributed by atoms with Crippen molar-refractivity contribution in [2.75, 3.05) is 26.2 Å². The number of benzene rings is 2. The minimum absolute atomic E-state index is 0.0721. The van der Waals surface area contributed by atoms with Crippen molar-refractivity contribution < 1.29 is 28.1 Å². The zero-order valence-corrected chi connectivity index (χ0v) is 13.8. The molecule has 1 aliphatic heterocycles. The van der Waals surface area contributed by atoms with E-state index in [0.29, 0.717) is 5.56 Å². The summed E-state index contributed by atoms with van der Waals surface area (Å²) in [6.07, 6.45) is -4.74. The van der Waals surface area contributed by atoms with Crippen LogP contribution in [-0.4, -0.2) is 47.7 Å². The molecule has 0 saturated carbocycles. The Hall–Kier alpha value is -2.45. The Balaban J connectivity index is 1.94. The molecule has 2 aromatic carbocycles. The van der Waals surface area contributed by atoms with Gasteiger partial charge in [0.05, 0.1) is 6.04 Å². The molecule has 140 valence electrons. The van der Waals surface area contributed by atoms with E-state index in [1.165, 1.54) is 18.2 Å². The van der Waals surface area contributed by atoms with Crippen molar-refractivity contribution in [3.63, 3.8) is 0 Å². The maximum atomic E-state index is 12.4. The SMILES string of the molecule is Oc1cc(O)cc([C@H](c2ccc(OC(F)(F)F)cc2)N2CCNCC2)c1. The molecule has 0 amide bonds. The van der Waals surface area contributed by atoms with E-state index in [2.05, 4.69) is 15.0 Å². The molecule has 1 saturated heterocycles. The van der Waals surface area contributed by atoms with Crippen molar-refractivity contribution in [3.05, 3.63) is 53.6 Å². The van der Waals surface area contributed by atoms with Crippen molar-refractivity contribution >= 4 is 0 Å². The number of hydrogen-bond acceptors (Lipinski definition) is 5. The molecule has 0 unspecified atom stereocenters. The highest BCUT2D eigenvalue weighted by Crippen LogP contribution is 2.34. The van der Waals surface area contributed by atoms with Crippen LogP contribution in [0.3, 0.4) is 0 Å². The number of nitrogens with one attached hydrogen (secondary N) is 1. The van der Waals surface area contributed by atoms with Crippen molar-refractivity contribution in [1.82, 2.24) is 10.2 Å². The Morgan fingerprint density at radius 1 is 0.923 bits per heavy atom. The number of alkyl halides is 3. The number of ether oxygens (including phenoxy) is 1. The number of rotatable bonds is 4. The predicted molar refractivity (Wildman–Crippen MR) is 89.2 cm³/mol. The number of phenols is 2. The maximum Gasteiger partial charge on any atom is 0.573 e. The molecule has 0 aromatic heterocycles. The molecule has 1 atom stereocenters. The van der Waals surface area contributed by atoms with E-state index < -0.39 is 6.36 Å². The first-order valence-corrected chi connectivity index (χ1v) is 8.15. The van der Waals surface area contributed by atoms with Crippen LogP contribution >= 0.6 is 0 Å². The van der Waals surface area contributed by atoms with Gasteiger partial charge in [0.25, 0.3) is 0 Å². The number of hydrogen-bond donors (Lipinski definition) is 3. The third-order valence-corrected chi connectivity index (χ3v) is 4.19. The molecule has 1 heterocycles. The molecule has 2 aromatic rings. The van der Waals surface area contributed by atoms with Crippen molar-refractivity contribution in [2.24, 2.45) is 0 Å².